The summed E-state index contributed by atoms with van der Waals surface area (Å²) in [6.45, 7) is 2.50. The Morgan fingerprint density at radius 2 is 2.30 bits per heavy atom. The van der Waals surface area contributed by atoms with Crippen LogP contribution < -0.4 is 4.74 Å². The molecule has 0 heterocycles. The number of nitrogens with zero attached hydrogens (tertiary/aromatic N) is 1. The summed E-state index contributed by atoms with van der Waals surface area (Å²) >= 11 is 3.19. The minimum Gasteiger partial charge on any atom is -0.481 e. The molecule has 1 aliphatic carbocycles. The molecule has 1 aromatic rings. The molecule has 0 amide bonds. The summed E-state index contributed by atoms with van der Waals surface area (Å²) in [6.07, 6.45) is -0.0774. The summed E-state index contributed by atoms with van der Waals surface area (Å²) in [5.41, 5.74) is -0.102. The Bertz CT molecular complexity index is 496. The van der Waals surface area contributed by atoms with Crippen LogP contribution in [-0.2, 0) is 4.74 Å². The molecule has 1 fully saturated rings. The second kappa shape index (κ2) is 6.51. The third-order valence-electron chi connectivity index (χ3n) is 3.13. The van der Waals surface area contributed by atoms with Crippen LogP contribution in [0.2, 0.25) is 0 Å². The van der Waals surface area contributed by atoms with Gasteiger partial charge >= 0.3 is 5.69 Å². The van der Waals surface area contributed by atoms with E-state index in [1.807, 2.05) is 6.92 Å². The van der Waals surface area contributed by atoms with Crippen LogP contribution in [0.3, 0.4) is 0 Å². The molecule has 110 valence electrons. The maximum absolute atomic E-state index is 11.0. The fraction of sp³-hybridized carbons (Fsp3) is 0.538. The van der Waals surface area contributed by atoms with E-state index >= 15 is 0 Å². The number of rotatable bonds is 6. The highest BCUT2D eigenvalue weighted by Gasteiger charge is 2.43. The van der Waals surface area contributed by atoms with Gasteiger partial charge in [-0.1, -0.05) is 22.9 Å². The Balaban J connectivity index is 2.08. The topological polar surface area (TPSA) is 81.8 Å². The zero-order chi connectivity index (χ0) is 14.7. The molecule has 2 rings (SSSR count). The molecule has 6 nitrogen and oxygen atoms in total. The minimum absolute atomic E-state index is 0.102. The van der Waals surface area contributed by atoms with Gasteiger partial charge in [0.15, 0.2) is 5.75 Å². The number of nitro groups is 1. The standard InChI is InChI=1S/C13H16BrNO5/c1-2-5-19-13-10(16)7-12(13)20-11-4-3-8(14)6-9(11)15(17)18/h3-4,6,10,12-13,16H,2,5,7H2,1H3. The molecule has 1 aliphatic rings. The molecule has 0 saturated heterocycles. The minimum atomic E-state index is -0.568. The second-order valence-corrected chi connectivity index (χ2v) is 5.58. The normalized spacial score (nSPS) is 25.1. The van der Waals surface area contributed by atoms with Crippen molar-refractivity contribution >= 4 is 21.6 Å². The van der Waals surface area contributed by atoms with Crippen molar-refractivity contribution in [2.75, 3.05) is 6.61 Å². The van der Waals surface area contributed by atoms with Gasteiger partial charge in [0.05, 0.1) is 11.0 Å². The zero-order valence-electron chi connectivity index (χ0n) is 11.0. The van der Waals surface area contributed by atoms with E-state index in [-0.39, 0.29) is 17.5 Å². The van der Waals surface area contributed by atoms with Gasteiger partial charge < -0.3 is 14.6 Å². The maximum Gasteiger partial charge on any atom is 0.312 e. The number of ether oxygens (including phenoxy) is 2. The Morgan fingerprint density at radius 1 is 1.55 bits per heavy atom. The predicted molar refractivity (Wildman–Crippen MR) is 75.9 cm³/mol. The molecular formula is C13H16BrNO5. The lowest BCUT2D eigenvalue weighted by atomic mass is 9.88. The number of hydrogen-bond acceptors (Lipinski definition) is 5. The van der Waals surface area contributed by atoms with E-state index in [2.05, 4.69) is 15.9 Å². The van der Waals surface area contributed by atoms with Gasteiger partial charge in [-0.2, -0.15) is 0 Å². The lowest BCUT2D eigenvalue weighted by Gasteiger charge is -2.40. The predicted octanol–water partition coefficient (Wildman–Crippen LogP) is 2.66. The third-order valence-corrected chi connectivity index (χ3v) is 3.62. The Hall–Kier alpha value is -1.18. The van der Waals surface area contributed by atoms with Gasteiger partial charge in [-0.15, -0.1) is 0 Å². The Labute approximate surface area is 125 Å². The zero-order valence-corrected chi connectivity index (χ0v) is 12.6. The van der Waals surface area contributed by atoms with Crippen LogP contribution in [0.5, 0.6) is 5.75 Å². The number of halogens is 1. The van der Waals surface area contributed by atoms with Crippen LogP contribution in [0, 0.1) is 10.1 Å². The monoisotopic (exact) mass is 345 g/mol. The molecule has 0 bridgehead atoms. The Morgan fingerprint density at radius 3 is 2.90 bits per heavy atom. The van der Waals surface area contributed by atoms with Gasteiger partial charge in [-0.25, -0.2) is 0 Å². The first kappa shape index (κ1) is 15.2. The van der Waals surface area contributed by atoms with Crippen molar-refractivity contribution in [2.24, 2.45) is 0 Å². The smallest absolute Gasteiger partial charge is 0.312 e. The van der Waals surface area contributed by atoms with Crippen molar-refractivity contribution in [3.63, 3.8) is 0 Å². The molecule has 0 aliphatic heterocycles. The molecule has 1 saturated carbocycles. The van der Waals surface area contributed by atoms with Crippen LogP contribution in [-0.4, -0.2) is 34.9 Å². The van der Waals surface area contributed by atoms with Gasteiger partial charge in [0, 0.05) is 23.6 Å². The average molecular weight is 346 g/mol. The molecule has 0 radical (unpaired) electrons. The van der Waals surface area contributed by atoms with Crippen molar-refractivity contribution in [1.82, 2.24) is 0 Å². The summed E-state index contributed by atoms with van der Waals surface area (Å²) in [7, 11) is 0. The molecule has 7 heteroatoms. The number of benzene rings is 1. The first-order chi connectivity index (χ1) is 9.52. The SMILES string of the molecule is CCCOC1C(O)CC1Oc1ccc(Br)cc1[N+](=O)[O-]. The summed E-state index contributed by atoms with van der Waals surface area (Å²) in [4.78, 5) is 10.5. The van der Waals surface area contributed by atoms with Crippen molar-refractivity contribution in [3.05, 3.63) is 32.8 Å². The number of nitro benzene ring substituents is 1. The number of aliphatic hydroxyl groups is 1. The molecule has 1 N–H and O–H groups in total. The van der Waals surface area contributed by atoms with Crippen LogP contribution in [0.1, 0.15) is 19.8 Å². The highest BCUT2D eigenvalue weighted by molar-refractivity contribution is 9.10. The summed E-state index contributed by atoms with van der Waals surface area (Å²) in [5, 5.41) is 20.7. The molecular weight excluding hydrogens is 330 g/mol. The van der Waals surface area contributed by atoms with Crippen LogP contribution in [0.25, 0.3) is 0 Å². The van der Waals surface area contributed by atoms with Gasteiger partial charge in [0.25, 0.3) is 0 Å². The van der Waals surface area contributed by atoms with Gasteiger partial charge in [0.1, 0.15) is 12.2 Å². The van der Waals surface area contributed by atoms with E-state index in [4.69, 9.17) is 9.47 Å². The van der Waals surface area contributed by atoms with Crippen LogP contribution in [0.15, 0.2) is 22.7 Å². The largest absolute Gasteiger partial charge is 0.481 e. The molecule has 3 unspecified atom stereocenters. The van der Waals surface area contributed by atoms with E-state index in [9.17, 15) is 15.2 Å². The molecule has 3 atom stereocenters. The first-order valence-electron chi connectivity index (χ1n) is 6.43. The van der Waals surface area contributed by atoms with Crippen molar-refractivity contribution < 1.29 is 19.5 Å². The lowest BCUT2D eigenvalue weighted by molar-refractivity contribution is -0.386. The van der Waals surface area contributed by atoms with E-state index in [1.54, 1.807) is 12.1 Å². The summed E-state index contributed by atoms with van der Waals surface area (Å²) in [5.74, 6) is 0.195. The maximum atomic E-state index is 11.0. The fourth-order valence-electron chi connectivity index (χ4n) is 2.04. The van der Waals surface area contributed by atoms with Crippen molar-refractivity contribution in [3.8, 4) is 5.75 Å². The molecule has 1 aromatic carbocycles. The van der Waals surface area contributed by atoms with Gasteiger partial charge in [0.2, 0.25) is 0 Å². The quantitative estimate of drug-likeness (QED) is 0.633. The highest BCUT2D eigenvalue weighted by atomic mass is 79.9. The summed E-state index contributed by atoms with van der Waals surface area (Å²) < 4.78 is 11.7. The Kier molecular flexibility index (Phi) is 4.95. The molecule has 0 spiro atoms. The average Bonchev–Trinajstić information content (AvgIpc) is 2.40. The lowest BCUT2D eigenvalue weighted by Crippen LogP contribution is -2.55. The van der Waals surface area contributed by atoms with E-state index < -0.39 is 17.1 Å². The van der Waals surface area contributed by atoms with E-state index in [1.165, 1.54) is 6.07 Å². The summed E-state index contributed by atoms with van der Waals surface area (Å²) in [6, 6.07) is 4.62. The first-order valence-corrected chi connectivity index (χ1v) is 7.22. The van der Waals surface area contributed by atoms with Crippen molar-refractivity contribution in [2.45, 2.75) is 38.1 Å². The van der Waals surface area contributed by atoms with E-state index in [0.29, 0.717) is 17.5 Å². The second-order valence-electron chi connectivity index (χ2n) is 4.66. The molecule has 20 heavy (non-hydrogen) atoms. The van der Waals surface area contributed by atoms with Gasteiger partial charge in [-0.05, 0) is 18.6 Å². The van der Waals surface area contributed by atoms with Crippen LogP contribution in [0.4, 0.5) is 5.69 Å². The number of aliphatic hydroxyl groups excluding tert-OH is 1. The van der Waals surface area contributed by atoms with Gasteiger partial charge in [-0.3, -0.25) is 10.1 Å². The number of hydrogen-bond donors (Lipinski definition) is 1. The highest BCUT2D eigenvalue weighted by Crippen LogP contribution is 2.35. The van der Waals surface area contributed by atoms with Crippen molar-refractivity contribution in [1.29, 1.82) is 0 Å². The molecule has 0 aromatic heterocycles. The van der Waals surface area contributed by atoms with E-state index in [0.717, 1.165) is 6.42 Å². The fourth-order valence-corrected chi connectivity index (χ4v) is 2.39. The third kappa shape index (κ3) is 3.28. The van der Waals surface area contributed by atoms with Crippen LogP contribution >= 0.6 is 15.9 Å².